The standard InChI is InChI=1S/C25H30N4O/c1-4-29-14-22(16(3)28-29)24-13-21(19-7-5-6-8-23(19)27-24)25(30)26-15(2)20-12-17-9-10-18(20)11-17/h5-8,13-15,17-18,20H,4,9-12H2,1-3H3,(H,26,30)/t15-,17+,18+,20+/m1/s1. The molecule has 1 amide bonds. The number of benzene rings is 1. The van der Waals surface area contributed by atoms with Crippen molar-refractivity contribution in [2.45, 2.75) is 59.0 Å². The summed E-state index contributed by atoms with van der Waals surface area (Å²) in [5.74, 6) is 2.29. The summed E-state index contributed by atoms with van der Waals surface area (Å²) in [6, 6.07) is 10.1. The molecule has 5 rings (SSSR count). The van der Waals surface area contributed by atoms with E-state index in [9.17, 15) is 4.79 Å². The molecule has 0 radical (unpaired) electrons. The van der Waals surface area contributed by atoms with Crippen molar-refractivity contribution in [2.24, 2.45) is 17.8 Å². The summed E-state index contributed by atoms with van der Waals surface area (Å²) in [5.41, 5.74) is 4.27. The van der Waals surface area contributed by atoms with Gasteiger partial charge in [0, 0.05) is 29.7 Å². The van der Waals surface area contributed by atoms with E-state index in [-0.39, 0.29) is 11.9 Å². The Morgan fingerprint density at radius 2 is 2.10 bits per heavy atom. The molecule has 0 unspecified atom stereocenters. The maximum absolute atomic E-state index is 13.4. The molecule has 4 atom stereocenters. The Balaban J connectivity index is 1.49. The predicted octanol–water partition coefficient (Wildman–Crippen LogP) is 4.98. The van der Waals surface area contributed by atoms with Crippen molar-refractivity contribution in [2.75, 3.05) is 0 Å². The van der Waals surface area contributed by atoms with Crippen LogP contribution in [-0.2, 0) is 6.54 Å². The molecule has 5 heteroatoms. The number of aryl methyl sites for hydroxylation is 2. The number of carbonyl (C=O) groups excluding carboxylic acids is 1. The quantitative estimate of drug-likeness (QED) is 0.655. The normalized spacial score (nSPS) is 23.8. The molecule has 2 aliphatic carbocycles. The SMILES string of the molecule is CCn1cc(-c2cc(C(=O)N[C@H](C)[C@@H]3C[C@H]4CC[C@H]3C4)c3ccccc3n2)c(C)n1. The van der Waals surface area contributed by atoms with Gasteiger partial charge in [-0.25, -0.2) is 4.98 Å². The van der Waals surface area contributed by atoms with Crippen LogP contribution in [0.4, 0.5) is 0 Å². The summed E-state index contributed by atoms with van der Waals surface area (Å²) >= 11 is 0. The van der Waals surface area contributed by atoms with Crippen molar-refractivity contribution in [3.63, 3.8) is 0 Å². The molecule has 30 heavy (non-hydrogen) atoms. The van der Waals surface area contributed by atoms with E-state index in [1.165, 1.54) is 25.7 Å². The fraction of sp³-hybridized carbons (Fsp3) is 0.480. The summed E-state index contributed by atoms with van der Waals surface area (Å²) < 4.78 is 1.92. The van der Waals surface area contributed by atoms with Crippen LogP contribution in [0.1, 0.15) is 55.6 Å². The van der Waals surface area contributed by atoms with Crippen LogP contribution in [0.5, 0.6) is 0 Å². The third kappa shape index (κ3) is 3.30. The van der Waals surface area contributed by atoms with Gasteiger partial charge in [0.15, 0.2) is 0 Å². The molecule has 0 saturated heterocycles. The van der Waals surface area contributed by atoms with Gasteiger partial charge in [-0.15, -0.1) is 0 Å². The molecular formula is C25H30N4O. The molecule has 2 aliphatic rings. The number of pyridine rings is 1. The van der Waals surface area contributed by atoms with E-state index < -0.39 is 0 Å². The summed E-state index contributed by atoms with van der Waals surface area (Å²) in [6.45, 7) is 7.06. The fourth-order valence-electron chi connectivity index (χ4n) is 5.73. The molecule has 3 aromatic rings. The first-order valence-electron chi connectivity index (χ1n) is 11.3. The average molecular weight is 403 g/mol. The van der Waals surface area contributed by atoms with Crippen molar-refractivity contribution in [3.8, 4) is 11.3 Å². The van der Waals surface area contributed by atoms with Gasteiger partial charge in [0.05, 0.1) is 22.5 Å². The van der Waals surface area contributed by atoms with Gasteiger partial charge in [0.1, 0.15) is 0 Å². The second kappa shape index (κ2) is 7.53. The third-order valence-corrected chi connectivity index (χ3v) is 7.30. The minimum atomic E-state index is 0.00524. The fourth-order valence-corrected chi connectivity index (χ4v) is 5.73. The van der Waals surface area contributed by atoms with Crippen molar-refractivity contribution < 1.29 is 4.79 Å². The largest absolute Gasteiger partial charge is 0.349 e. The number of nitrogens with one attached hydrogen (secondary N) is 1. The van der Waals surface area contributed by atoms with Crippen LogP contribution in [0.2, 0.25) is 0 Å². The lowest BCUT2D eigenvalue weighted by molar-refractivity contribution is 0.0917. The Morgan fingerprint density at radius 1 is 1.27 bits per heavy atom. The number of rotatable bonds is 5. The Bertz CT molecular complexity index is 1100. The molecular weight excluding hydrogens is 372 g/mol. The molecule has 1 N–H and O–H groups in total. The summed E-state index contributed by atoms with van der Waals surface area (Å²) in [4.78, 5) is 18.3. The Morgan fingerprint density at radius 3 is 2.80 bits per heavy atom. The van der Waals surface area contributed by atoms with Gasteiger partial charge < -0.3 is 5.32 Å². The first-order chi connectivity index (χ1) is 14.5. The van der Waals surface area contributed by atoms with Crippen LogP contribution in [0, 0.1) is 24.7 Å². The summed E-state index contributed by atoms with van der Waals surface area (Å²) in [5, 5.41) is 8.80. The number of nitrogens with zero attached hydrogens (tertiary/aromatic N) is 3. The van der Waals surface area contributed by atoms with Gasteiger partial charge in [-0.1, -0.05) is 24.6 Å². The van der Waals surface area contributed by atoms with Crippen LogP contribution < -0.4 is 5.32 Å². The monoisotopic (exact) mass is 402 g/mol. The van der Waals surface area contributed by atoms with E-state index in [0.29, 0.717) is 11.5 Å². The smallest absolute Gasteiger partial charge is 0.252 e. The summed E-state index contributed by atoms with van der Waals surface area (Å²) in [6.07, 6.45) is 7.35. The Kier molecular flexibility index (Phi) is 4.84. The molecule has 0 aliphatic heterocycles. The van der Waals surface area contributed by atoms with Gasteiger partial charge >= 0.3 is 0 Å². The number of hydrogen-bond acceptors (Lipinski definition) is 3. The third-order valence-electron chi connectivity index (χ3n) is 7.30. The molecule has 156 valence electrons. The van der Waals surface area contributed by atoms with Crippen molar-refractivity contribution in [1.29, 1.82) is 0 Å². The molecule has 2 fully saturated rings. The van der Waals surface area contributed by atoms with E-state index in [1.807, 2.05) is 48.1 Å². The number of amides is 1. The number of aromatic nitrogens is 3. The number of para-hydroxylation sites is 1. The zero-order valence-electron chi connectivity index (χ0n) is 18.1. The highest BCUT2D eigenvalue weighted by Crippen LogP contribution is 2.49. The first kappa shape index (κ1) is 19.3. The van der Waals surface area contributed by atoms with Crippen LogP contribution >= 0.6 is 0 Å². The van der Waals surface area contributed by atoms with Crippen molar-refractivity contribution in [1.82, 2.24) is 20.1 Å². The maximum Gasteiger partial charge on any atom is 0.252 e. The average Bonchev–Trinajstić information content (AvgIpc) is 3.48. The van der Waals surface area contributed by atoms with Crippen molar-refractivity contribution >= 4 is 16.8 Å². The molecule has 2 heterocycles. The van der Waals surface area contributed by atoms with Gasteiger partial charge in [0.2, 0.25) is 0 Å². The van der Waals surface area contributed by atoms with Gasteiger partial charge in [0.25, 0.3) is 5.91 Å². The van der Waals surface area contributed by atoms with Crippen molar-refractivity contribution in [3.05, 3.63) is 47.8 Å². The molecule has 2 aromatic heterocycles. The summed E-state index contributed by atoms with van der Waals surface area (Å²) in [7, 11) is 0. The first-order valence-corrected chi connectivity index (χ1v) is 11.3. The lowest BCUT2D eigenvalue weighted by Gasteiger charge is -2.28. The van der Waals surface area contributed by atoms with E-state index >= 15 is 0 Å². The lowest BCUT2D eigenvalue weighted by atomic mass is 9.84. The molecule has 2 bridgehead atoms. The van der Waals surface area contributed by atoms with Gasteiger partial charge in [-0.05, 0) is 69.9 Å². The Labute approximate surface area is 177 Å². The van der Waals surface area contributed by atoms with Gasteiger partial charge in [-0.2, -0.15) is 5.10 Å². The number of carbonyl (C=O) groups is 1. The molecule has 5 nitrogen and oxygen atoms in total. The predicted molar refractivity (Wildman–Crippen MR) is 119 cm³/mol. The topological polar surface area (TPSA) is 59.8 Å². The van der Waals surface area contributed by atoms with Crippen LogP contribution in [0.15, 0.2) is 36.5 Å². The van der Waals surface area contributed by atoms with E-state index in [1.54, 1.807) is 0 Å². The van der Waals surface area contributed by atoms with Crippen LogP contribution in [0.3, 0.4) is 0 Å². The number of fused-ring (bicyclic) bond motifs is 3. The zero-order chi connectivity index (χ0) is 20.8. The van der Waals surface area contributed by atoms with E-state index in [0.717, 1.165) is 46.2 Å². The zero-order valence-corrected chi connectivity index (χ0v) is 18.1. The molecule has 0 spiro atoms. The van der Waals surface area contributed by atoms with Crippen LogP contribution in [-0.4, -0.2) is 26.7 Å². The second-order valence-electron chi connectivity index (χ2n) is 9.16. The highest BCUT2D eigenvalue weighted by atomic mass is 16.1. The number of hydrogen-bond donors (Lipinski definition) is 1. The lowest BCUT2D eigenvalue weighted by Crippen LogP contribution is -2.40. The molecule has 1 aromatic carbocycles. The minimum absolute atomic E-state index is 0.00524. The second-order valence-corrected chi connectivity index (χ2v) is 9.16. The maximum atomic E-state index is 13.4. The Hall–Kier alpha value is -2.69. The van der Waals surface area contributed by atoms with E-state index in [2.05, 4.69) is 24.3 Å². The molecule has 2 saturated carbocycles. The minimum Gasteiger partial charge on any atom is -0.349 e. The highest BCUT2D eigenvalue weighted by molar-refractivity contribution is 6.07. The van der Waals surface area contributed by atoms with Crippen LogP contribution in [0.25, 0.3) is 22.2 Å². The van der Waals surface area contributed by atoms with E-state index in [4.69, 9.17) is 4.98 Å². The highest BCUT2D eigenvalue weighted by Gasteiger charge is 2.42. The van der Waals surface area contributed by atoms with Gasteiger partial charge in [-0.3, -0.25) is 9.48 Å².